The summed E-state index contributed by atoms with van der Waals surface area (Å²) in [6.07, 6.45) is 1.31. The number of halogens is 2. The topological polar surface area (TPSA) is 83.9 Å². The normalized spacial score (nSPS) is 11.0. The highest BCUT2D eigenvalue weighted by Gasteiger charge is 2.18. The lowest BCUT2D eigenvalue weighted by Gasteiger charge is -2.17. The van der Waals surface area contributed by atoms with Crippen molar-refractivity contribution < 1.29 is 13.6 Å². The molecule has 7 nitrogen and oxygen atoms in total. The van der Waals surface area contributed by atoms with Crippen molar-refractivity contribution in [2.24, 2.45) is 0 Å². The predicted octanol–water partition coefficient (Wildman–Crippen LogP) is 3.14. The Balaban J connectivity index is 1.70. The molecular formula is C20H15F2N5O2S. The molecule has 4 aromatic rings. The maximum Gasteiger partial charge on any atom is 0.269 e. The van der Waals surface area contributed by atoms with Crippen LogP contribution in [0.4, 0.5) is 14.5 Å². The van der Waals surface area contributed by atoms with Crippen molar-refractivity contribution in [2.45, 2.75) is 5.16 Å². The van der Waals surface area contributed by atoms with Crippen molar-refractivity contribution in [2.75, 3.05) is 17.7 Å². The first kappa shape index (κ1) is 19.8. The van der Waals surface area contributed by atoms with Gasteiger partial charge in [-0.15, -0.1) is 0 Å². The average Bonchev–Trinajstić information content (AvgIpc) is 3.23. The van der Waals surface area contributed by atoms with Gasteiger partial charge in [0.25, 0.3) is 5.56 Å². The molecule has 0 saturated heterocycles. The molecule has 0 atom stereocenters. The van der Waals surface area contributed by atoms with Gasteiger partial charge in [0.2, 0.25) is 5.91 Å². The minimum Gasteiger partial charge on any atom is -0.315 e. The number of amides is 1. The number of hydrogen-bond donors (Lipinski definition) is 1. The fraction of sp³-hybridized carbons (Fsp3) is 0.100. The molecule has 0 saturated carbocycles. The van der Waals surface area contributed by atoms with Crippen molar-refractivity contribution in [3.05, 3.63) is 76.7 Å². The molecule has 152 valence electrons. The number of benzene rings is 2. The number of hydrogen-bond acceptors (Lipinski definition) is 5. The van der Waals surface area contributed by atoms with Crippen LogP contribution in [-0.4, -0.2) is 38.5 Å². The second-order valence-electron chi connectivity index (χ2n) is 6.34. The first-order valence-corrected chi connectivity index (χ1v) is 9.80. The third kappa shape index (κ3) is 3.69. The molecule has 10 heteroatoms. The highest BCUT2D eigenvalue weighted by atomic mass is 32.2. The quantitative estimate of drug-likeness (QED) is 0.391. The summed E-state index contributed by atoms with van der Waals surface area (Å²) >= 11 is 1.01. The average molecular weight is 427 g/mol. The molecule has 2 heterocycles. The summed E-state index contributed by atoms with van der Waals surface area (Å²) in [5.74, 6) is -2.37. The minimum atomic E-state index is -1.09. The summed E-state index contributed by atoms with van der Waals surface area (Å²) in [5.41, 5.74) is 0.551. The number of rotatable bonds is 5. The number of nitrogens with one attached hydrogen (secondary N) is 1. The Morgan fingerprint density at radius 2 is 1.93 bits per heavy atom. The van der Waals surface area contributed by atoms with Crippen molar-refractivity contribution >= 4 is 34.4 Å². The minimum absolute atomic E-state index is 0.0266. The second kappa shape index (κ2) is 8.07. The molecule has 0 aliphatic heterocycles. The van der Waals surface area contributed by atoms with Crippen LogP contribution in [-0.2, 0) is 4.79 Å². The highest BCUT2D eigenvalue weighted by Crippen LogP contribution is 2.23. The van der Waals surface area contributed by atoms with Gasteiger partial charge >= 0.3 is 0 Å². The zero-order valence-electron chi connectivity index (χ0n) is 15.7. The monoisotopic (exact) mass is 427 g/mol. The number of nitrogens with zero attached hydrogens (tertiary/aromatic N) is 4. The lowest BCUT2D eigenvalue weighted by Crippen LogP contribution is -2.28. The lowest BCUT2D eigenvalue weighted by molar-refractivity contribution is -0.115. The number of carbonyl (C=O) groups is 1. The number of carbonyl (C=O) groups excluding carboxylic acids is 1. The van der Waals surface area contributed by atoms with Crippen molar-refractivity contribution in [1.29, 1.82) is 0 Å². The number of aromatic nitrogens is 4. The molecule has 0 fully saturated rings. The Morgan fingerprint density at radius 1 is 1.17 bits per heavy atom. The fourth-order valence-corrected chi connectivity index (χ4v) is 3.76. The summed E-state index contributed by atoms with van der Waals surface area (Å²) in [6, 6.07) is 12.2. The van der Waals surface area contributed by atoms with Crippen molar-refractivity contribution in [3.63, 3.8) is 0 Å². The van der Waals surface area contributed by atoms with E-state index in [1.165, 1.54) is 17.2 Å². The van der Waals surface area contributed by atoms with E-state index in [4.69, 9.17) is 0 Å². The van der Waals surface area contributed by atoms with Crippen LogP contribution in [0.3, 0.4) is 0 Å². The van der Waals surface area contributed by atoms with E-state index in [9.17, 15) is 18.4 Å². The molecule has 0 unspecified atom stereocenters. The van der Waals surface area contributed by atoms with Gasteiger partial charge in [-0.2, -0.15) is 5.10 Å². The smallest absolute Gasteiger partial charge is 0.269 e. The van der Waals surface area contributed by atoms with E-state index in [0.29, 0.717) is 0 Å². The molecule has 0 aliphatic rings. The maximum atomic E-state index is 13.8. The Hall–Kier alpha value is -3.53. The van der Waals surface area contributed by atoms with E-state index in [-0.39, 0.29) is 33.5 Å². The van der Waals surface area contributed by atoms with Crippen LogP contribution in [0.15, 0.2) is 64.7 Å². The summed E-state index contributed by atoms with van der Waals surface area (Å²) in [4.78, 5) is 31.4. The van der Waals surface area contributed by atoms with E-state index in [0.717, 1.165) is 34.1 Å². The van der Waals surface area contributed by atoms with E-state index in [1.807, 2.05) is 18.2 Å². The van der Waals surface area contributed by atoms with Gasteiger partial charge in [-0.25, -0.2) is 13.8 Å². The van der Waals surface area contributed by atoms with E-state index >= 15 is 0 Å². The Bertz CT molecular complexity index is 1290. The van der Waals surface area contributed by atoms with Gasteiger partial charge in [0.05, 0.1) is 17.6 Å². The third-order valence-electron chi connectivity index (χ3n) is 4.46. The molecule has 1 amide bonds. The molecule has 4 rings (SSSR count). The second-order valence-corrected chi connectivity index (χ2v) is 7.29. The zero-order chi connectivity index (χ0) is 21.3. The highest BCUT2D eigenvalue weighted by molar-refractivity contribution is 7.99. The van der Waals surface area contributed by atoms with Gasteiger partial charge in [0.15, 0.2) is 22.4 Å². The van der Waals surface area contributed by atoms with Crippen LogP contribution in [0, 0.1) is 11.6 Å². The Kier molecular flexibility index (Phi) is 5.32. The number of anilines is 1. The summed E-state index contributed by atoms with van der Waals surface area (Å²) in [6.45, 7) is 0. The standard InChI is InChI=1S/C20H15F2N5O2S/c1-26(12-5-3-2-4-6-12)17(28)11-30-20-24-18-14(10-23-25-18)19(29)27(20)13-7-8-15(21)16(22)9-13/h2-10H,11H2,1H3,(H,23,25). The molecule has 0 radical (unpaired) electrons. The summed E-state index contributed by atoms with van der Waals surface area (Å²) < 4.78 is 28.3. The van der Waals surface area contributed by atoms with Crippen molar-refractivity contribution in [1.82, 2.24) is 19.7 Å². The SMILES string of the molecule is CN(C(=O)CSc1nc2[nH]ncc2c(=O)n1-c1ccc(F)c(F)c1)c1ccccc1. The largest absolute Gasteiger partial charge is 0.315 e. The van der Waals surface area contributed by atoms with Crippen LogP contribution in [0.2, 0.25) is 0 Å². The van der Waals surface area contributed by atoms with Crippen LogP contribution in [0.25, 0.3) is 16.7 Å². The number of aromatic amines is 1. The van der Waals surface area contributed by atoms with Gasteiger partial charge < -0.3 is 4.90 Å². The molecule has 0 aliphatic carbocycles. The van der Waals surface area contributed by atoms with Gasteiger partial charge in [0.1, 0.15) is 5.39 Å². The third-order valence-corrected chi connectivity index (χ3v) is 5.38. The zero-order valence-corrected chi connectivity index (χ0v) is 16.5. The van der Waals surface area contributed by atoms with Gasteiger partial charge in [0, 0.05) is 18.8 Å². The molecule has 30 heavy (non-hydrogen) atoms. The van der Waals surface area contributed by atoms with E-state index in [2.05, 4.69) is 15.2 Å². The Labute approximate surface area is 173 Å². The predicted molar refractivity (Wildman–Crippen MR) is 110 cm³/mol. The number of H-pyrrole nitrogens is 1. The lowest BCUT2D eigenvalue weighted by atomic mass is 10.3. The first-order chi connectivity index (χ1) is 14.5. The van der Waals surface area contributed by atoms with Crippen molar-refractivity contribution in [3.8, 4) is 5.69 Å². The number of para-hydroxylation sites is 1. The molecule has 1 N–H and O–H groups in total. The van der Waals surface area contributed by atoms with Crippen LogP contribution in [0.5, 0.6) is 0 Å². The van der Waals surface area contributed by atoms with E-state index in [1.54, 1.807) is 19.2 Å². The Morgan fingerprint density at radius 3 is 2.67 bits per heavy atom. The van der Waals surface area contributed by atoms with Gasteiger partial charge in [-0.3, -0.25) is 19.3 Å². The van der Waals surface area contributed by atoms with Crippen LogP contribution >= 0.6 is 11.8 Å². The van der Waals surface area contributed by atoms with E-state index < -0.39 is 17.2 Å². The van der Waals surface area contributed by atoms with Crippen LogP contribution in [0.1, 0.15) is 0 Å². The molecule has 2 aromatic carbocycles. The number of fused-ring (bicyclic) bond motifs is 1. The molecule has 0 bridgehead atoms. The summed E-state index contributed by atoms with van der Waals surface area (Å²) in [5, 5.41) is 6.77. The molecule has 0 spiro atoms. The van der Waals surface area contributed by atoms with Gasteiger partial charge in [-0.05, 0) is 24.3 Å². The van der Waals surface area contributed by atoms with Gasteiger partial charge in [-0.1, -0.05) is 30.0 Å². The number of thioether (sulfide) groups is 1. The molecular weight excluding hydrogens is 412 g/mol. The first-order valence-electron chi connectivity index (χ1n) is 8.81. The molecule has 2 aromatic heterocycles. The summed E-state index contributed by atoms with van der Waals surface area (Å²) in [7, 11) is 1.65. The maximum absolute atomic E-state index is 13.8. The fourth-order valence-electron chi connectivity index (χ4n) is 2.84. The van der Waals surface area contributed by atoms with Crippen LogP contribution < -0.4 is 10.5 Å².